The molecule has 1 fully saturated rings. The maximum absolute atomic E-state index is 2.67. The largest absolute Gasteiger partial charge is 0.295 e. The summed E-state index contributed by atoms with van der Waals surface area (Å²) >= 11 is 0. The first kappa shape index (κ1) is 11.7. The summed E-state index contributed by atoms with van der Waals surface area (Å²) in [5, 5.41) is 0. The van der Waals surface area contributed by atoms with Gasteiger partial charge in [0.25, 0.3) is 0 Å². The Morgan fingerprint density at radius 1 is 0.889 bits per heavy atom. The molecule has 1 nitrogen and oxygen atoms in total. The summed E-state index contributed by atoms with van der Waals surface area (Å²) in [5.74, 6) is 0.547. The van der Waals surface area contributed by atoms with E-state index in [0.29, 0.717) is 12.0 Å². The van der Waals surface area contributed by atoms with Crippen LogP contribution in [0.5, 0.6) is 0 Å². The van der Waals surface area contributed by atoms with Crippen molar-refractivity contribution in [3.63, 3.8) is 0 Å². The summed E-state index contributed by atoms with van der Waals surface area (Å²) in [6.45, 7) is 2.50. The van der Waals surface area contributed by atoms with E-state index in [9.17, 15) is 0 Å². The molecule has 0 spiro atoms. The lowest BCUT2D eigenvalue weighted by Crippen LogP contribution is -2.36. The third-order valence-electron chi connectivity index (χ3n) is 4.07. The SMILES string of the molecule is C1=CC(C(c2ccccc2)N2CCCCC2)C=C1. The molecular weight excluding hydrogens is 218 g/mol. The molecule has 1 aliphatic heterocycles. The van der Waals surface area contributed by atoms with Gasteiger partial charge in [0.1, 0.15) is 0 Å². The van der Waals surface area contributed by atoms with Crippen LogP contribution in [0, 0.1) is 5.92 Å². The van der Waals surface area contributed by atoms with E-state index >= 15 is 0 Å². The maximum atomic E-state index is 2.67. The smallest absolute Gasteiger partial charge is 0.0445 e. The Bertz CT molecular complexity index is 414. The van der Waals surface area contributed by atoms with Crippen LogP contribution in [0.1, 0.15) is 30.9 Å². The van der Waals surface area contributed by atoms with Gasteiger partial charge in [-0.2, -0.15) is 0 Å². The van der Waals surface area contributed by atoms with Gasteiger partial charge in [-0.3, -0.25) is 4.90 Å². The van der Waals surface area contributed by atoms with Crippen molar-refractivity contribution in [1.82, 2.24) is 4.90 Å². The summed E-state index contributed by atoms with van der Waals surface area (Å²) in [7, 11) is 0. The summed E-state index contributed by atoms with van der Waals surface area (Å²) in [5.41, 5.74) is 1.46. The van der Waals surface area contributed by atoms with Crippen molar-refractivity contribution in [1.29, 1.82) is 0 Å². The molecule has 0 N–H and O–H groups in total. The normalized spacial score (nSPS) is 22.4. The van der Waals surface area contributed by atoms with Gasteiger partial charge in [-0.05, 0) is 31.5 Å². The topological polar surface area (TPSA) is 3.24 Å². The molecule has 0 bridgehead atoms. The highest BCUT2D eigenvalue weighted by Crippen LogP contribution is 2.34. The monoisotopic (exact) mass is 239 g/mol. The molecule has 0 saturated carbocycles. The second-order valence-electron chi connectivity index (χ2n) is 5.30. The number of hydrogen-bond donors (Lipinski definition) is 0. The highest BCUT2D eigenvalue weighted by molar-refractivity contribution is 5.28. The van der Waals surface area contributed by atoms with E-state index in [1.807, 2.05) is 0 Å². The lowest BCUT2D eigenvalue weighted by atomic mass is 9.91. The third kappa shape index (κ3) is 2.41. The van der Waals surface area contributed by atoms with Gasteiger partial charge in [0, 0.05) is 12.0 Å². The van der Waals surface area contributed by atoms with E-state index in [1.54, 1.807) is 0 Å². The van der Waals surface area contributed by atoms with Gasteiger partial charge < -0.3 is 0 Å². The average Bonchev–Trinajstić information content (AvgIpc) is 2.95. The Balaban J connectivity index is 1.87. The fourth-order valence-electron chi connectivity index (χ4n) is 3.18. The first-order valence-corrected chi connectivity index (χ1v) is 7.09. The van der Waals surface area contributed by atoms with Crippen molar-refractivity contribution in [2.45, 2.75) is 25.3 Å². The van der Waals surface area contributed by atoms with Gasteiger partial charge in [-0.1, -0.05) is 61.1 Å². The fourth-order valence-corrected chi connectivity index (χ4v) is 3.18. The summed E-state index contributed by atoms with van der Waals surface area (Å²) in [6.07, 6.45) is 13.1. The molecule has 1 aromatic rings. The molecule has 1 atom stereocenters. The molecule has 94 valence electrons. The molecule has 1 heterocycles. The Labute approximate surface area is 110 Å². The minimum absolute atomic E-state index is 0.529. The van der Waals surface area contributed by atoms with Crippen LogP contribution in [-0.4, -0.2) is 18.0 Å². The molecule has 1 aromatic carbocycles. The minimum atomic E-state index is 0.529. The third-order valence-corrected chi connectivity index (χ3v) is 4.07. The van der Waals surface area contributed by atoms with Crippen LogP contribution in [0.15, 0.2) is 54.6 Å². The van der Waals surface area contributed by atoms with Gasteiger partial charge in [-0.15, -0.1) is 0 Å². The van der Waals surface area contributed by atoms with Crippen LogP contribution in [0.25, 0.3) is 0 Å². The van der Waals surface area contributed by atoms with Crippen LogP contribution < -0.4 is 0 Å². The molecule has 1 aliphatic carbocycles. The summed E-state index contributed by atoms with van der Waals surface area (Å²) in [4.78, 5) is 2.67. The molecule has 18 heavy (non-hydrogen) atoms. The Hall–Kier alpha value is -1.34. The standard InChI is InChI=1S/C17H21N/c1-3-9-15(10-4-1)17(16-11-5-6-12-16)18-13-7-2-8-14-18/h1,3-6,9-12,16-17H,2,7-8,13-14H2. The average molecular weight is 239 g/mol. The van der Waals surface area contributed by atoms with Crippen LogP contribution in [0.2, 0.25) is 0 Å². The second kappa shape index (κ2) is 5.53. The lowest BCUT2D eigenvalue weighted by molar-refractivity contribution is 0.145. The molecule has 0 radical (unpaired) electrons. The van der Waals surface area contributed by atoms with E-state index in [2.05, 4.69) is 59.5 Å². The van der Waals surface area contributed by atoms with Crippen LogP contribution in [0.3, 0.4) is 0 Å². The Morgan fingerprint density at radius 3 is 2.22 bits per heavy atom. The molecular formula is C17H21N. The van der Waals surface area contributed by atoms with Crippen LogP contribution >= 0.6 is 0 Å². The number of likely N-dealkylation sites (tertiary alicyclic amines) is 1. The highest BCUT2D eigenvalue weighted by atomic mass is 15.2. The number of benzene rings is 1. The van der Waals surface area contributed by atoms with Crippen LogP contribution in [-0.2, 0) is 0 Å². The van der Waals surface area contributed by atoms with Crippen molar-refractivity contribution in [2.24, 2.45) is 5.92 Å². The first-order chi connectivity index (χ1) is 8.95. The molecule has 0 aromatic heterocycles. The van der Waals surface area contributed by atoms with Gasteiger partial charge in [0.15, 0.2) is 0 Å². The predicted octanol–water partition coefficient (Wildman–Crippen LogP) is 3.96. The van der Waals surface area contributed by atoms with E-state index in [4.69, 9.17) is 0 Å². The van der Waals surface area contributed by atoms with Gasteiger partial charge in [0.2, 0.25) is 0 Å². The minimum Gasteiger partial charge on any atom is -0.295 e. The van der Waals surface area contributed by atoms with E-state index in [0.717, 1.165) is 0 Å². The molecule has 1 saturated heterocycles. The molecule has 1 unspecified atom stereocenters. The number of nitrogens with zero attached hydrogens (tertiary/aromatic N) is 1. The summed E-state index contributed by atoms with van der Waals surface area (Å²) in [6, 6.07) is 11.5. The van der Waals surface area contributed by atoms with E-state index < -0.39 is 0 Å². The number of rotatable bonds is 3. The predicted molar refractivity (Wildman–Crippen MR) is 76.4 cm³/mol. The van der Waals surface area contributed by atoms with Gasteiger partial charge >= 0.3 is 0 Å². The number of piperidine rings is 1. The zero-order valence-corrected chi connectivity index (χ0v) is 10.8. The van der Waals surface area contributed by atoms with E-state index in [-0.39, 0.29) is 0 Å². The van der Waals surface area contributed by atoms with Gasteiger partial charge in [-0.25, -0.2) is 0 Å². The van der Waals surface area contributed by atoms with Crippen LogP contribution in [0.4, 0.5) is 0 Å². The number of allylic oxidation sites excluding steroid dienone is 2. The van der Waals surface area contributed by atoms with E-state index in [1.165, 1.54) is 37.9 Å². The molecule has 0 amide bonds. The highest BCUT2D eigenvalue weighted by Gasteiger charge is 2.27. The Kier molecular flexibility index (Phi) is 3.61. The van der Waals surface area contributed by atoms with Crippen molar-refractivity contribution in [3.8, 4) is 0 Å². The van der Waals surface area contributed by atoms with Gasteiger partial charge in [0.05, 0.1) is 0 Å². The lowest BCUT2D eigenvalue weighted by Gasteiger charge is -2.37. The summed E-state index contributed by atoms with van der Waals surface area (Å²) < 4.78 is 0. The first-order valence-electron chi connectivity index (χ1n) is 7.09. The molecule has 2 aliphatic rings. The van der Waals surface area contributed by atoms with Crippen molar-refractivity contribution in [2.75, 3.05) is 13.1 Å². The molecule has 1 heteroatoms. The molecule has 3 rings (SSSR count). The maximum Gasteiger partial charge on any atom is 0.0445 e. The zero-order chi connectivity index (χ0) is 12.2. The zero-order valence-electron chi connectivity index (χ0n) is 10.8. The Morgan fingerprint density at radius 2 is 1.56 bits per heavy atom. The fraction of sp³-hybridized carbons (Fsp3) is 0.412. The van der Waals surface area contributed by atoms with Crippen molar-refractivity contribution < 1.29 is 0 Å². The van der Waals surface area contributed by atoms with Crippen molar-refractivity contribution >= 4 is 0 Å². The second-order valence-corrected chi connectivity index (χ2v) is 5.30. The number of hydrogen-bond acceptors (Lipinski definition) is 1. The van der Waals surface area contributed by atoms with Crippen molar-refractivity contribution in [3.05, 3.63) is 60.2 Å². The quantitative estimate of drug-likeness (QED) is 0.772.